The number of ether oxygens (including phenoxy) is 1. The summed E-state index contributed by atoms with van der Waals surface area (Å²) >= 11 is 0. The molecule has 26 heavy (non-hydrogen) atoms. The Labute approximate surface area is 151 Å². The number of aliphatic hydroxyl groups excluding tert-OH is 1. The predicted octanol–water partition coefficient (Wildman–Crippen LogP) is 2.94. The molecule has 0 radical (unpaired) electrons. The van der Waals surface area contributed by atoms with Crippen molar-refractivity contribution in [3.05, 3.63) is 46.9 Å². The minimum absolute atomic E-state index is 0.0237. The first kappa shape index (κ1) is 18.4. The molecule has 2 aromatic rings. The lowest BCUT2D eigenvalue weighted by molar-refractivity contribution is 0.0231. The van der Waals surface area contributed by atoms with Gasteiger partial charge < -0.3 is 19.6 Å². The van der Waals surface area contributed by atoms with Crippen molar-refractivity contribution in [3.8, 4) is 5.75 Å². The van der Waals surface area contributed by atoms with E-state index in [1.54, 1.807) is 13.0 Å². The van der Waals surface area contributed by atoms with Crippen molar-refractivity contribution < 1.29 is 23.4 Å². The average Bonchev–Trinajstić information content (AvgIpc) is 2.98. The maximum absolute atomic E-state index is 14.1. The zero-order valence-electron chi connectivity index (χ0n) is 15.1. The Morgan fingerprint density at radius 3 is 2.77 bits per heavy atom. The topological polar surface area (TPSA) is 84.6 Å². The maximum atomic E-state index is 14.1. The van der Waals surface area contributed by atoms with Gasteiger partial charge >= 0.3 is 0 Å². The molecule has 1 aromatic heterocycles. The van der Waals surface area contributed by atoms with Gasteiger partial charge in [-0.1, -0.05) is 13.0 Å². The monoisotopic (exact) mass is 362 g/mol. The van der Waals surface area contributed by atoms with Crippen molar-refractivity contribution >= 4 is 5.91 Å². The van der Waals surface area contributed by atoms with Gasteiger partial charge in [0.25, 0.3) is 5.91 Å². The van der Waals surface area contributed by atoms with Crippen LogP contribution in [0.5, 0.6) is 5.75 Å². The molecule has 1 aliphatic carbocycles. The van der Waals surface area contributed by atoms with Gasteiger partial charge in [-0.25, -0.2) is 9.37 Å². The molecule has 140 valence electrons. The van der Waals surface area contributed by atoms with Crippen LogP contribution in [0.2, 0.25) is 0 Å². The number of nitrogens with one attached hydrogen (secondary N) is 1. The van der Waals surface area contributed by atoms with E-state index in [9.17, 15) is 14.3 Å². The molecule has 1 atom stereocenters. The standard InChI is InChI=1S/C19H23FN2O4/c1-4-16-21-10(2)18(26-16)19(24)22-17(12-7-13(23)8-12)11-5-6-15(25-3)14(20)9-11/h5-6,9,12-13,17,23H,4,7-8H2,1-3H3,(H,22,24)/t12?,13?,17-/m1/s1. The molecular weight excluding hydrogens is 339 g/mol. The number of aliphatic hydroxyl groups is 1. The van der Waals surface area contributed by atoms with Gasteiger partial charge in [0.05, 0.1) is 24.9 Å². The van der Waals surface area contributed by atoms with Crippen LogP contribution in [-0.4, -0.2) is 29.2 Å². The van der Waals surface area contributed by atoms with Gasteiger partial charge in [0.15, 0.2) is 17.5 Å². The molecule has 2 N–H and O–H groups in total. The van der Waals surface area contributed by atoms with E-state index in [-0.39, 0.29) is 23.5 Å². The Hall–Kier alpha value is -2.41. The summed E-state index contributed by atoms with van der Waals surface area (Å²) in [5.41, 5.74) is 1.15. The largest absolute Gasteiger partial charge is 0.494 e. The van der Waals surface area contributed by atoms with Crippen molar-refractivity contribution in [3.63, 3.8) is 0 Å². The van der Waals surface area contributed by atoms with E-state index in [1.165, 1.54) is 19.2 Å². The van der Waals surface area contributed by atoms with E-state index in [0.717, 1.165) is 0 Å². The number of aryl methyl sites for hydroxylation is 2. The second-order valence-corrected chi connectivity index (χ2v) is 6.61. The lowest BCUT2D eigenvalue weighted by Crippen LogP contribution is -2.41. The van der Waals surface area contributed by atoms with Crippen LogP contribution in [0.3, 0.4) is 0 Å². The molecule has 0 unspecified atom stereocenters. The molecule has 1 heterocycles. The number of halogens is 1. The highest BCUT2D eigenvalue weighted by Crippen LogP contribution is 2.39. The molecule has 0 saturated heterocycles. The number of hydrogen-bond acceptors (Lipinski definition) is 5. The number of methoxy groups -OCH3 is 1. The van der Waals surface area contributed by atoms with Crippen LogP contribution < -0.4 is 10.1 Å². The van der Waals surface area contributed by atoms with E-state index < -0.39 is 17.8 Å². The number of oxazole rings is 1. The lowest BCUT2D eigenvalue weighted by Gasteiger charge is -2.38. The summed E-state index contributed by atoms with van der Waals surface area (Å²) < 4.78 is 24.6. The molecular formula is C19H23FN2O4. The normalized spacial score (nSPS) is 20.3. The van der Waals surface area contributed by atoms with Crippen LogP contribution in [-0.2, 0) is 6.42 Å². The maximum Gasteiger partial charge on any atom is 0.289 e. The SMILES string of the molecule is CCc1nc(C)c(C(=O)N[C@H](c2ccc(OC)c(F)c2)C2CC(O)C2)o1. The number of hydrogen-bond donors (Lipinski definition) is 2. The molecule has 1 aliphatic rings. The minimum Gasteiger partial charge on any atom is -0.494 e. The highest BCUT2D eigenvalue weighted by atomic mass is 19.1. The van der Waals surface area contributed by atoms with Crippen LogP contribution in [0, 0.1) is 18.7 Å². The summed E-state index contributed by atoms with van der Waals surface area (Å²) in [6.45, 7) is 3.61. The van der Waals surface area contributed by atoms with Crippen molar-refractivity contribution in [2.45, 2.75) is 45.3 Å². The van der Waals surface area contributed by atoms with Crippen molar-refractivity contribution in [1.29, 1.82) is 0 Å². The predicted molar refractivity (Wildman–Crippen MR) is 92.5 cm³/mol. The zero-order chi connectivity index (χ0) is 18.8. The number of carbonyl (C=O) groups excluding carboxylic acids is 1. The Morgan fingerprint density at radius 1 is 1.50 bits per heavy atom. The zero-order valence-corrected chi connectivity index (χ0v) is 15.1. The molecule has 1 aromatic carbocycles. The van der Waals surface area contributed by atoms with Crippen LogP contribution >= 0.6 is 0 Å². The third-order valence-corrected chi connectivity index (χ3v) is 4.79. The van der Waals surface area contributed by atoms with Crippen LogP contribution in [0.1, 0.15) is 53.5 Å². The Bertz CT molecular complexity index is 799. The smallest absolute Gasteiger partial charge is 0.289 e. The fraction of sp³-hybridized carbons (Fsp3) is 0.474. The number of carbonyl (C=O) groups is 1. The summed E-state index contributed by atoms with van der Waals surface area (Å²) in [6, 6.07) is 4.19. The summed E-state index contributed by atoms with van der Waals surface area (Å²) in [4.78, 5) is 16.9. The molecule has 0 spiro atoms. The van der Waals surface area contributed by atoms with Gasteiger partial charge in [-0.2, -0.15) is 0 Å². The molecule has 1 fully saturated rings. The molecule has 0 bridgehead atoms. The van der Waals surface area contributed by atoms with Gasteiger partial charge in [0.1, 0.15) is 0 Å². The van der Waals surface area contributed by atoms with Crippen LogP contribution in [0.25, 0.3) is 0 Å². The van der Waals surface area contributed by atoms with Gasteiger partial charge in [-0.05, 0) is 43.4 Å². The fourth-order valence-corrected chi connectivity index (χ4v) is 3.27. The first-order chi connectivity index (χ1) is 12.4. The van der Waals surface area contributed by atoms with Crippen LogP contribution in [0.15, 0.2) is 22.6 Å². The molecule has 3 rings (SSSR count). The summed E-state index contributed by atoms with van der Waals surface area (Å²) in [7, 11) is 1.40. The van der Waals surface area contributed by atoms with Gasteiger partial charge in [0, 0.05) is 6.42 Å². The van der Waals surface area contributed by atoms with E-state index in [0.29, 0.717) is 36.4 Å². The van der Waals surface area contributed by atoms with Gasteiger partial charge in [-0.3, -0.25) is 4.79 Å². The number of amides is 1. The van der Waals surface area contributed by atoms with Crippen LogP contribution in [0.4, 0.5) is 4.39 Å². The number of rotatable bonds is 6. The summed E-state index contributed by atoms with van der Waals surface area (Å²) in [6.07, 6.45) is 1.31. The third kappa shape index (κ3) is 3.58. The molecule has 6 nitrogen and oxygen atoms in total. The first-order valence-corrected chi connectivity index (χ1v) is 8.71. The Kier molecular flexibility index (Phi) is 5.27. The Balaban J connectivity index is 1.85. The fourth-order valence-electron chi connectivity index (χ4n) is 3.27. The van der Waals surface area contributed by atoms with E-state index >= 15 is 0 Å². The first-order valence-electron chi connectivity index (χ1n) is 8.71. The van der Waals surface area contributed by atoms with Crippen molar-refractivity contribution in [2.75, 3.05) is 7.11 Å². The number of nitrogens with zero attached hydrogens (tertiary/aromatic N) is 1. The summed E-state index contributed by atoms with van der Waals surface area (Å²) in [5, 5.41) is 12.6. The van der Waals surface area contributed by atoms with E-state index in [2.05, 4.69) is 10.3 Å². The third-order valence-electron chi connectivity index (χ3n) is 4.79. The van der Waals surface area contributed by atoms with Crippen molar-refractivity contribution in [1.82, 2.24) is 10.3 Å². The molecule has 0 aliphatic heterocycles. The highest BCUT2D eigenvalue weighted by molar-refractivity contribution is 5.92. The number of benzene rings is 1. The Morgan fingerprint density at radius 2 is 2.23 bits per heavy atom. The molecule has 1 saturated carbocycles. The lowest BCUT2D eigenvalue weighted by atomic mass is 9.75. The highest BCUT2D eigenvalue weighted by Gasteiger charge is 2.36. The van der Waals surface area contributed by atoms with Crippen molar-refractivity contribution in [2.24, 2.45) is 5.92 Å². The van der Waals surface area contributed by atoms with Gasteiger partial charge in [-0.15, -0.1) is 0 Å². The van der Waals surface area contributed by atoms with E-state index in [4.69, 9.17) is 9.15 Å². The second-order valence-electron chi connectivity index (χ2n) is 6.61. The quantitative estimate of drug-likeness (QED) is 0.825. The average molecular weight is 362 g/mol. The molecule has 1 amide bonds. The van der Waals surface area contributed by atoms with E-state index in [1.807, 2.05) is 6.92 Å². The van der Waals surface area contributed by atoms with Gasteiger partial charge in [0.2, 0.25) is 5.76 Å². The minimum atomic E-state index is -0.492. The molecule has 7 heteroatoms. The number of aromatic nitrogens is 1. The second kappa shape index (κ2) is 7.45. The summed E-state index contributed by atoms with van der Waals surface area (Å²) in [5.74, 6) is -0.0493.